The summed E-state index contributed by atoms with van der Waals surface area (Å²) in [7, 11) is 0. The third-order valence-electron chi connectivity index (χ3n) is 5.95. The molecule has 2 fully saturated rings. The van der Waals surface area contributed by atoms with Gasteiger partial charge in [-0.2, -0.15) is 0 Å². The van der Waals surface area contributed by atoms with Gasteiger partial charge in [-0.3, -0.25) is 0 Å². The van der Waals surface area contributed by atoms with Gasteiger partial charge in [-0.25, -0.2) is 4.98 Å². The Morgan fingerprint density at radius 3 is 2.71 bits per heavy atom. The van der Waals surface area contributed by atoms with E-state index in [0.29, 0.717) is 6.04 Å². The van der Waals surface area contributed by atoms with Crippen LogP contribution in [0.4, 0.5) is 5.82 Å². The zero-order chi connectivity index (χ0) is 16.6. The lowest BCUT2D eigenvalue weighted by atomic mass is 9.66. The Morgan fingerprint density at radius 2 is 1.92 bits per heavy atom. The van der Waals surface area contributed by atoms with E-state index in [9.17, 15) is 5.11 Å². The zero-order valence-electron chi connectivity index (χ0n) is 14.4. The highest BCUT2D eigenvalue weighted by molar-refractivity contribution is 5.44. The molecule has 2 aliphatic rings. The van der Waals surface area contributed by atoms with Gasteiger partial charge in [0.2, 0.25) is 0 Å². The maximum absolute atomic E-state index is 11.6. The SMILES string of the molecule is Cc1ccnc(N2CC[C@](O)(c3ccccc3)[C@H]3CCCC[C@H]32)c1. The van der Waals surface area contributed by atoms with Crippen LogP contribution >= 0.6 is 0 Å². The Morgan fingerprint density at radius 1 is 1.12 bits per heavy atom. The van der Waals surface area contributed by atoms with Crippen LogP contribution in [0.25, 0.3) is 0 Å². The summed E-state index contributed by atoms with van der Waals surface area (Å²) in [5.74, 6) is 1.35. The standard InChI is InChI=1S/C21H26N2O/c1-16-11-13-22-20(15-16)23-14-12-21(24,17-7-3-2-4-8-17)18-9-5-6-10-19(18)23/h2-4,7-8,11,13,15,18-19,24H,5-6,9-10,12,14H2,1H3/t18-,19+,21-/m0/s1. The Bertz CT molecular complexity index is 702. The Balaban J connectivity index is 1.70. The van der Waals surface area contributed by atoms with Crippen molar-refractivity contribution < 1.29 is 5.11 Å². The van der Waals surface area contributed by atoms with Gasteiger partial charge in [0.05, 0.1) is 5.60 Å². The minimum atomic E-state index is -0.702. The number of rotatable bonds is 2. The fraction of sp³-hybridized carbons (Fsp3) is 0.476. The molecule has 0 radical (unpaired) electrons. The van der Waals surface area contributed by atoms with Gasteiger partial charge in [0.1, 0.15) is 5.82 Å². The summed E-state index contributed by atoms with van der Waals surface area (Å²) in [5.41, 5.74) is 1.63. The molecule has 0 bridgehead atoms. The molecule has 24 heavy (non-hydrogen) atoms. The summed E-state index contributed by atoms with van der Waals surface area (Å²) in [6, 6.07) is 14.9. The maximum atomic E-state index is 11.6. The highest BCUT2D eigenvalue weighted by atomic mass is 16.3. The molecule has 1 aromatic carbocycles. The molecule has 4 rings (SSSR count). The molecule has 1 saturated heterocycles. The molecule has 1 N–H and O–H groups in total. The van der Waals surface area contributed by atoms with Crippen molar-refractivity contribution in [2.24, 2.45) is 5.92 Å². The van der Waals surface area contributed by atoms with Crippen LogP contribution in [0.2, 0.25) is 0 Å². The number of piperidine rings is 1. The molecule has 3 atom stereocenters. The highest BCUT2D eigenvalue weighted by Gasteiger charge is 2.49. The van der Waals surface area contributed by atoms with Crippen molar-refractivity contribution in [3.05, 3.63) is 59.8 Å². The van der Waals surface area contributed by atoms with E-state index in [0.717, 1.165) is 37.2 Å². The molecule has 0 amide bonds. The molecule has 2 aromatic rings. The normalized spacial score (nSPS) is 30.0. The average Bonchev–Trinajstić information content (AvgIpc) is 2.63. The Hall–Kier alpha value is -1.87. The predicted molar refractivity (Wildman–Crippen MR) is 97.0 cm³/mol. The lowest BCUT2D eigenvalue weighted by Gasteiger charge is -2.53. The second-order valence-electron chi connectivity index (χ2n) is 7.38. The number of fused-ring (bicyclic) bond motifs is 1. The third-order valence-corrected chi connectivity index (χ3v) is 5.95. The van der Waals surface area contributed by atoms with E-state index in [1.807, 2.05) is 30.5 Å². The lowest BCUT2D eigenvalue weighted by Crippen LogP contribution is -2.57. The molecule has 1 aromatic heterocycles. The van der Waals surface area contributed by atoms with Gasteiger partial charge in [-0.1, -0.05) is 43.2 Å². The first-order valence-electron chi connectivity index (χ1n) is 9.16. The van der Waals surface area contributed by atoms with Crippen LogP contribution in [0.5, 0.6) is 0 Å². The number of anilines is 1. The zero-order valence-corrected chi connectivity index (χ0v) is 14.4. The van der Waals surface area contributed by atoms with Crippen LogP contribution in [0.15, 0.2) is 48.7 Å². The van der Waals surface area contributed by atoms with Crippen LogP contribution in [-0.4, -0.2) is 22.7 Å². The van der Waals surface area contributed by atoms with Crippen molar-refractivity contribution in [2.75, 3.05) is 11.4 Å². The molecule has 2 heterocycles. The van der Waals surface area contributed by atoms with E-state index >= 15 is 0 Å². The largest absolute Gasteiger partial charge is 0.385 e. The van der Waals surface area contributed by atoms with Crippen LogP contribution < -0.4 is 4.90 Å². The number of benzene rings is 1. The van der Waals surface area contributed by atoms with Crippen molar-refractivity contribution in [3.63, 3.8) is 0 Å². The molecule has 1 aliphatic heterocycles. The fourth-order valence-electron chi connectivity index (χ4n) is 4.73. The lowest BCUT2D eigenvalue weighted by molar-refractivity contribution is -0.0690. The van der Waals surface area contributed by atoms with Crippen LogP contribution in [0.1, 0.15) is 43.2 Å². The highest BCUT2D eigenvalue weighted by Crippen LogP contribution is 2.47. The van der Waals surface area contributed by atoms with Crippen molar-refractivity contribution >= 4 is 5.82 Å². The van der Waals surface area contributed by atoms with E-state index in [1.165, 1.54) is 18.4 Å². The van der Waals surface area contributed by atoms with Gasteiger partial charge < -0.3 is 10.0 Å². The molecule has 0 unspecified atom stereocenters. The minimum Gasteiger partial charge on any atom is -0.385 e. The molecule has 0 spiro atoms. The molecule has 1 aliphatic carbocycles. The number of nitrogens with zero attached hydrogens (tertiary/aromatic N) is 2. The van der Waals surface area contributed by atoms with Crippen LogP contribution in [-0.2, 0) is 5.60 Å². The summed E-state index contributed by atoms with van der Waals surface area (Å²) in [5, 5.41) is 11.6. The average molecular weight is 322 g/mol. The number of hydrogen-bond donors (Lipinski definition) is 1. The Kier molecular flexibility index (Phi) is 4.05. The minimum absolute atomic E-state index is 0.282. The maximum Gasteiger partial charge on any atom is 0.128 e. The molecule has 1 saturated carbocycles. The quantitative estimate of drug-likeness (QED) is 0.906. The van der Waals surface area contributed by atoms with Crippen LogP contribution in [0.3, 0.4) is 0 Å². The number of aliphatic hydroxyl groups is 1. The van der Waals surface area contributed by atoms with E-state index in [2.05, 4.69) is 35.0 Å². The van der Waals surface area contributed by atoms with Gasteiger partial charge >= 0.3 is 0 Å². The van der Waals surface area contributed by atoms with E-state index in [-0.39, 0.29) is 5.92 Å². The molecule has 3 nitrogen and oxygen atoms in total. The molecular weight excluding hydrogens is 296 g/mol. The first-order chi connectivity index (χ1) is 11.7. The van der Waals surface area contributed by atoms with Gasteiger partial charge in [0, 0.05) is 24.7 Å². The Labute approximate surface area is 144 Å². The number of aromatic nitrogens is 1. The molecule has 3 heteroatoms. The van der Waals surface area contributed by atoms with E-state index in [4.69, 9.17) is 0 Å². The van der Waals surface area contributed by atoms with E-state index in [1.54, 1.807) is 0 Å². The topological polar surface area (TPSA) is 36.4 Å². The second kappa shape index (κ2) is 6.21. The van der Waals surface area contributed by atoms with Crippen molar-refractivity contribution in [1.82, 2.24) is 4.98 Å². The van der Waals surface area contributed by atoms with Crippen molar-refractivity contribution in [2.45, 2.75) is 50.7 Å². The summed E-state index contributed by atoms with van der Waals surface area (Å²) in [4.78, 5) is 7.07. The van der Waals surface area contributed by atoms with Crippen molar-refractivity contribution in [1.29, 1.82) is 0 Å². The fourth-order valence-corrected chi connectivity index (χ4v) is 4.73. The first-order valence-corrected chi connectivity index (χ1v) is 9.16. The van der Waals surface area contributed by atoms with Gasteiger partial charge in [0.25, 0.3) is 0 Å². The number of aryl methyl sites for hydroxylation is 1. The summed E-state index contributed by atoms with van der Waals surface area (Å²) in [6.07, 6.45) is 7.38. The summed E-state index contributed by atoms with van der Waals surface area (Å²) in [6.45, 7) is 2.98. The van der Waals surface area contributed by atoms with E-state index < -0.39 is 5.60 Å². The van der Waals surface area contributed by atoms with Crippen molar-refractivity contribution in [3.8, 4) is 0 Å². The van der Waals surface area contributed by atoms with Gasteiger partial charge in [-0.15, -0.1) is 0 Å². The first kappa shape index (κ1) is 15.6. The van der Waals surface area contributed by atoms with Crippen LogP contribution in [0, 0.1) is 12.8 Å². The monoisotopic (exact) mass is 322 g/mol. The van der Waals surface area contributed by atoms with Gasteiger partial charge in [0.15, 0.2) is 0 Å². The second-order valence-corrected chi connectivity index (χ2v) is 7.38. The molecule has 126 valence electrons. The summed E-state index contributed by atoms with van der Waals surface area (Å²) >= 11 is 0. The smallest absolute Gasteiger partial charge is 0.128 e. The molecular formula is C21H26N2O. The number of hydrogen-bond acceptors (Lipinski definition) is 3. The predicted octanol–water partition coefficient (Wildman–Crippen LogP) is 4.05. The number of pyridine rings is 1. The van der Waals surface area contributed by atoms with Gasteiger partial charge in [-0.05, 0) is 49.4 Å². The third kappa shape index (κ3) is 2.61. The summed E-state index contributed by atoms with van der Waals surface area (Å²) < 4.78 is 0.